The number of pyridine rings is 1. The first-order valence-electron chi connectivity index (χ1n) is 8.95. The minimum atomic E-state index is -0.739. The van der Waals surface area contributed by atoms with Crippen LogP contribution in [-0.4, -0.2) is 15.4 Å². The van der Waals surface area contributed by atoms with Crippen molar-refractivity contribution in [3.63, 3.8) is 0 Å². The van der Waals surface area contributed by atoms with E-state index in [0.29, 0.717) is 24.1 Å². The molecule has 26 heavy (non-hydrogen) atoms. The van der Waals surface area contributed by atoms with Gasteiger partial charge < -0.3 is 9.14 Å². The van der Waals surface area contributed by atoms with E-state index in [9.17, 15) is 9.18 Å². The van der Waals surface area contributed by atoms with Crippen LogP contribution in [0.1, 0.15) is 42.5 Å². The third kappa shape index (κ3) is 2.87. The van der Waals surface area contributed by atoms with Crippen LogP contribution in [0.5, 0.6) is 0 Å². The van der Waals surface area contributed by atoms with Crippen LogP contribution in [-0.2, 0) is 21.6 Å². The number of aryl methyl sites for hydroxylation is 1. The molecule has 0 spiro atoms. The zero-order chi connectivity index (χ0) is 18.1. The van der Waals surface area contributed by atoms with Gasteiger partial charge in [-0.2, -0.15) is 0 Å². The molecular weight excluding hydrogens is 331 g/mol. The zero-order valence-electron chi connectivity index (χ0n) is 14.7. The summed E-state index contributed by atoms with van der Waals surface area (Å²) in [5.41, 5.74) is 2.61. The lowest BCUT2D eigenvalue weighted by Crippen LogP contribution is -2.34. The van der Waals surface area contributed by atoms with Crippen molar-refractivity contribution in [2.75, 3.05) is 0 Å². The van der Waals surface area contributed by atoms with Crippen molar-refractivity contribution in [3.05, 3.63) is 71.4 Å². The standard InChI is InChI=1S/C21H21FN2O2/c1-15-6-5-11-24-13-18(23-19(15)24)14-26-20(25)21(9-2-3-10-21)16-7-4-8-17(22)12-16/h4-8,11-13H,2-3,9-10,14H2,1H3. The monoisotopic (exact) mass is 352 g/mol. The molecule has 3 aromatic rings. The number of imidazole rings is 1. The number of hydrogen-bond donors (Lipinski definition) is 0. The third-order valence-electron chi connectivity index (χ3n) is 5.30. The Kier molecular flexibility index (Phi) is 4.23. The fourth-order valence-corrected chi connectivity index (χ4v) is 3.93. The fourth-order valence-electron chi connectivity index (χ4n) is 3.93. The first kappa shape index (κ1) is 16.8. The van der Waals surface area contributed by atoms with Crippen LogP contribution in [0.4, 0.5) is 4.39 Å². The molecule has 0 atom stereocenters. The van der Waals surface area contributed by atoms with Gasteiger partial charge in [0.05, 0.1) is 11.1 Å². The van der Waals surface area contributed by atoms with Gasteiger partial charge in [0, 0.05) is 12.4 Å². The first-order valence-corrected chi connectivity index (χ1v) is 8.95. The number of ether oxygens (including phenoxy) is 1. The Balaban J connectivity index is 1.56. The van der Waals surface area contributed by atoms with Gasteiger partial charge in [-0.1, -0.05) is 31.0 Å². The molecule has 1 fully saturated rings. The molecule has 5 heteroatoms. The Hall–Kier alpha value is -2.69. The van der Waals surface area contributed by atoms with Crippen molar-refractivity contribution in [2.45, 2.75) is 44.6 Å². The van der Waals surface area contributed by atoms with Crippen molar-refractivity contribution in [2.24, 2.45) is 0 Å². The number of esters is 1. The van der Waals surface area contributed by atoms with E-state index < -0.39 is 5.41 Å². The number of hydrogen-bond acceptors (Lipinski definition) is 3. The Morgan fingerprint density at radius 2 is 2.08 bits per heavy atom. The van der Waals surface area contributed by atoms with E-state index in [0.717, 1.165) is 24.1 Å². The van der Waals surface area contributed by atoms with Crippen molar-refractivity contribution in [1.82, 2.24) is 9.38 Å². The van der Waals surface area contributed by atoms with E-state index in [2.05, 4.69) is 4.98 Å². The number of rotatable bonds is 4. The molecule has 0 N–H and O–H groups in total. The van der Waals surface area contributed by atoms with Crippen LogP contribution < -0.4 is 0 Å². The summed E-state index contributed by atoms with van der Waals surface area (Å²) in [5, 5.41) is 0. The number of aromatic nitrogens is 2. The average Bonchev–Trinajstić information content (AvgIpc) is 3.28. The molecule has 0 aliphatic heterocycles. The predicted octanol–water partition coefficient (Wildman–Crippen LogP) is 4.34. The molecule has 1 aromatic carbocycles. The van der Waals surface area contributed by atoms with Crippen molar-refractivity contribution in [1.29, 1.82) is 0 Å². The van der Waals surface area contributed by atoms with Gasteiger partial charge in [0.15, 0.2) is 0 Å². The third-order valence-corrected chi connectivity index (χ3v) is 5.30. The molecule has 0 saturated heterocycles. The van der Waals surface area contributed by atoms with Crippen molar-refractivity contribution < 1.29 is 13.9 Å². The molecule has 2 heterocycles. The van der Waals surface area contributed by atoms with E-state index in [1.807, 2.05) is 41.9 Å². The summed E-state index contributed by atoms with van der Waals surface area (Å²) < 4.78 is 21.3. The van der Waals surface area contributed by atoms with Crippen LogP contribution in [0, 0.1) is 12.7 Å². The second-order valence-corrected chi connectivity index (χ2v) is 7.03. The van der Waals surface area contributed by atoms with E-state index in [4.69, 9.17) is 4.74 Å². The molecule has 0 amide bonds. The van der Waals surface area contributed by atoms with Crippen molar-refractivity contribution >= 4 is 11.6 Å². The van der Waals surface area contributed by atoms with E-state index >= 15 is 0 Å². The maximum atomic E-state index is 13.7. The molecule has 0 radical (unpaired) electrons. The summed E-state index contributed by atoms with van der Waals surface area (Å²) in [6.07, 6.45) is 7.07. The summed E-state index contributed by atoms with van der Waals surface area (Å²) in [7, 11) is 0. The quantitative estimate of drug-likeness (QED) is 0.656. The van der Waals surface area contributed by atoms with Crippen LogP contribution in [0.15, 0.2) is 48.8 Å². The highest BCUT2D eigenvalue weighted by Gasteiger charge is 2.44. The summed E-state index contributed by atoms with van der Waals surface area (Å²) in [5.74, 6) is -0.605. The second kappa shape index (κ2) is 6.56. The average molecular weight is 352 g/mol. The summed E-state index contributed by atoms with van der Waals surface area (Å²) in [6.45, 7) is 2.12. The van der Waals surface area contributed by atoms with Crippen LogP contribution in [0.2, 0.25) is 0 Å². The topological polar surface area (TPSA) is 43.6 Å². The van der Waals surface area contributed by atoms with E-state index in [1.165, 1.54) is 12.1 Å². The van der Waals surface area contributed by atoms with Gasteiger partial charge in [-0.25, -0.2) is 9.37 Å². The summed E-state index contributed by atoms with van der Waals surface area (Å²) in [6, 6.07) is 10.3. The molecular formula is C21H21FN2O2. The molecule has 1 aliphatic carbocycles. The van der Waals surface area contributed by atoms with Gasteiger partial charge in [0.1, 0.15) is 18.1 Å². The van der Waals surface area contributed by atoms with Gasteiger partial charge in [0.2, 0.25) is 0 Å². The normalized spacial score (nSPS) is 16.1. The van der Waals surface area contributed by atoms with E-state index in [-0.39, 0.29) is 18.4 Å². The molecule has 4 nitrogen and oxygen atoms in total. The molecule has 2 aromatic heterocycles. The molecule has 4 rings (SSSR count). The molecule has 0 unspecified atom stereocenters. The Bertz CT molecular complexity index is 958. The lowest BCUT2D eigenvalue weighted by atomic mass is 9.79. The van der Waals surface area contributed by atoms with Gasteiger partial charge in [-0.05, 0) is 49.1 Å². The number of halogens is 1. The fraction of sp³-hybridized carbons (Fsp3) is 0.333. The Morgan fingerprint density at radius 1 is 1.27 bits per heavy atom. The predicted molar refractivity (Wildman–Crippen MR) is 96.3 cm³/mol. The minimum Gasteiger partial charge on any atom is -0.458 e. The minimum absolute atomic E-state index is 0.122. The van der Waals surface area contributed by atoms with Gasteiger partial charge >= 0.3 is 5.97 Å². The van der Waals surface area contributed by atoms with Crippen LogP contribution >= 0.6 is 0 Å². The number of nitrogens with zero attached hydrogens (tertiary/aromatic N) is 2. The highest BCUT2D eigenvalue weighted by molar-refractivity contribution is 5.83. The maximum Gasteiger partial charge on any atom is 0.316 e. The van der Waals surface area contributed by atoms with Crippen LogP contribution in [0.25, 0.3) is 5.65 Å². The van der Waals surface area contributed by atoms with Gasteiger partial charge in [-0.3, -0.25) is 4.79 Å². The van der Waals surface area contributed by atoms with E-state index in [1.54, 1.807) is 6.07 Å². The highest BCUT2D eigenvalue weighted by atomic mass is 19.1. The SMILES string of the molecule is Cc1cccn2cc(COC(=O)C3(c4cccc(F)c4)CCCC3)nc12. The first-order chi connectivity index (χ1) is 12.6. The molecule has 1 aliphatic rings. The Morgan fingerprint density at radius 3 is 2.81 bits per heavy atom. The summed E-state index contributed by atoms with van der Waals surface area (Å²) in [4.78, 5) is 17.5. The summed E-state index contributed by atoms with van der Waals surface area (Å²) >= 11 is 0. The zero-order valence-corrected chi connectivity index (χ0v) is 14.7. The van der Waals surface area contributed by atoms with Crippen molar-refractivity contribution in [3.8, 4) is 0 Å². The molecule has 1 saturated carbocycles. The van der Waals surface area contributed by atoms with Crippen LogP contribution in [0.3, 0.4) is 0 Å². The largest absolute Gasteiger partial charge is 0.458 e. The molecule has 134 valence electrons. The maximum absolute atomic E-state index is 13.7. The second-order valence-electron chi connectivity index (χ2n) is 7.03. The molecule has 0 bridgehead atoms. The number of carbonyl (C=O) groups excluding carboxylic acids is 1. The Labute approximate surface area is 151 Å². The smallest absolute Gasteiger partial charge is 0.316 e. The number of fused-ring (bicyclic) bond motifs is 1. The number of benzene rings is 1. The van der Waals surface area contributed by atoms with Gasteiger partial charge in [-0.15, -0.1) is 0 Å². The highest BCUT2D eigenvalue weighted by Crippen LogP contribution is 2.42. The number of carbonyl (C=O) groups is 1. The van der Waals surface area contributed by atoms with Gasteiger partial charge in [0.25, 0.3) is 0 Å². The lowest BCUT2D eigenvalue weighted by molar-refractivity contribution is -0.152. The lowest BCUT2D eigenvalue weighted by Gasteiger charge is -2.27.